The first-order chi connectivity index (χ1) is 14.8. The Labute approximate surface area is 185 Å². The van der Waals surface area contributed by atoms with E-state index in [-0.39, 0.29) is 4.90 Å². The lowest BCUT2D eigenvalue weighted by Crippen LogP contribution is -2.46. The maximum Gasteiger partial charge on any atom is 0.294 e. The minimum Gasteiger partial charge on any atom is -0.394 e. The molecule has 0 aliphatic carbocycles. The van der Waals surface area contributed by atoms with Crippen molar-refractivity contribution in [2.45, 2.75) is 42.5 Å². The summed E-state index contributed by atoms with van der Waals surface area (Å²) in [6.07, 6.45) is -7.73. The second kappa shape index (κ2) is 15.0. The van der Waals surface area contributed by atoms with Crippen LogP contribution in [-0.2, 0) is 10.1 Å². The molecule has 0 aliphatic heterocycles. The summed E-state index contributed by atoms with van der Waals surface area (Å²) in [4.78, 5) is -0.0666. The molecule has 0 amide bonds. The van der Waals surface area contributed by atoms with Gasteiger partial charge >= 0.3 is 0 Å². The lowest BCUT2D eigenvalue weighted by atomic mass is 10.0. The van der Waals surface area contributed by atoms with Crippen LogP contribution in [0, 0.1) is 6.92 Å². The van der Waals surface area contributed by atoms with Crippen LogP contribution >= 0.6 is 0 Å². The van der Waals surface area contributed by atoms with Crippen molar-refractivity contribution in [2.24, 2.45) is 0 Å². The maximum absolute atomic E-state index is 10.5. The summed E-state index contributed by atoms with van der Waals surface area (Å²) in [6, 6.07) is 14.6. The zero-order valence-corrected chi connectivity index (χ0v) is 18.1. The van der Waals surface area contributed by atoms with Gasteiger partial charge in [0.2, 0.25) is 0 Å². The van der Waals surface area contributed by atoms with E-state index in [2.05, 4.69) is 0 Å². The number of aliphatic hydroxyl groups is 8. The highest BCUT2D eigenvalue weighted by Crippen LogP contribution is 2.09. The Balaban J connectivity index is 0.000000454. The molecular formula is C20H30O11S. The van der Waals surface area contributed by atoms with Crippen molar-refractivity contribution >= 4 is 10.1 Å². The van der Waals surface area contributed by atoms with Crippen LogP contribution in [0.15, 0.2) is 59.5 Å². The maximum atomic E-state index is 10.5. The zero-order chi connectivity index (χ0) is 24.9. The Morgan fingerprint density at radius 1 is 0.719 bits per heavy atom. The van der Waals surface area contributed by atoms with Crippen LogP contribution in [0.2, 0.25) is 0 Å². The molecule has 11 nitrogen and oxygen atoms in total. The van der Waals surface area contributed by atoms with Crippen LogP contribution in [0.3, 0.4) is 0 Å². The summed E-state index contributed by atoms with van der Waals surface area (Å²) in [5, 5.41) is 69.3. The summed E-state index contributed by atoms with van der Waals surface area (Å²) in [5.74, 6) is 0. The molecule has 0 saturated heterocycles. The van der Waals surface area contributed by atoms with Gasteiger partial charge in [-0.15, -0.1) is 0 Å². The molecule has 9 N–H and O–H groups in total. The molecule has 12 heteroatoms. The first kappa shape index (κ1) is 30.0. The van der Waals surface area contributed by atoms with Crippen molar-refractivity contribution in [3.63, 3.8) is 0 Å². The smallest absolute Gasteiger partial charge is 0.294 e. The highest BCUT2D eigenvalue weighted by molar-refractivity contribution is 7.85. The third kappa shape index (κ3) is 11.6. The van der Waals surface area contributed by atoms with Crippen LogP contribution in [0.25, 0.3) is 0 Å². The summed E-state index contributed by atoms with van der Waals surface area (Å²) in [5.41, 5.74) is 1.48. The van der Waals surface area contributed by atoms with E-state index >= 15 is 0 Å². The molecule has 2 aromatic carbocycles. The molecule has 0 radical (unpaired) electrons. The largest absolute Gasteiger partial charge is 0.394 e. The van der Waals surface area contributed by atoms with E-state index in [4.69, 9.17) is 45.4 Å². The van der Waals surface area contributed by atoms with Crippen molar-refractivity contribution in [3.8, 4) is 0 Å². The number of aryl methyl sites for hydroxylation is 1. The van der Waals surface area contributed by atoms with E-state index in [1.807, 2.05) is 13.0 Å². The van der Waals surface area contributed by atoms with Crippen LogP contribution in [0.1, 0.15) is 17.4 Å². The van der Waals surface area contributed by atoms with E-state index in [0.29, 0.717) is 5.56 Å². The van der Waals surface area contributed by atoms with E-state index in [1.54, 1.807) is 36.4 Å². The molecule has 0 fully saturated rings. The molecule has 4 unspecified atom stereocenters. The topological polar surface area (TPSA) is 216 Å². The number of hydrogen-bond donors (Lipinski definition) is 9. The average Bonchev–Trinajstić information content (AvgIpc) is 2.78. The summed E-state index contributed by atoms with van der Waals surface area (Å²) >= 11 is 0. The fraction of sp³-hybridized carbons (Fsp3) is 0.400. The van der Waals surface area contributed by atoms with Gasteiger partial charge in [0.1, 0.15) is 24.4 Å². The number of hydrogen-bond acceptors (Lipinski definition) is 10. The van der Waals surface area contributed by atoms with Crippen molar-refractivity contribution in [1.82, 2.24) is 0 Å². The lowest BCUT2D eigenvalue weighted by Gasteiger charge is -2.24. The van der Waals surface area contributed by atoms with Crippen molar-refractivity contribution in [2.75, 3.05) is 13.2 Å². The van der Waals surface area contributed by atoms with Gasteiger partial charge in [0, 0.05) is 5.56 Å². The minimum absolute atomic E-state index is 0.0666. The normalized spacial score (nSPS) is 14.8. The van der Waals surface area contributed by atoms with Gasteiger partial charge in [0.25, 0.3) is 10.1 Å². The second-order valence-corrected chi connectivity index (χ2v) is 7.98. The Bertz CT molecular complexity index is 828. The predicted molar refractivity (Wildman–Crippen MR) is 113 cm³/mol. The number of aliphatic hydroxyl groups excluding tert-OH is 7. The monoisotopic (exact) mass is 478 g/mol. The molecule has 0 aromatic heterocycles. The van der Waals surface area contributed by atoms with Gasteiger partial charge in [-0.25, -0.2) is 0 Å². The highest BCUT2D eigenvalue weighted by atomic mass is 32.2. The molecular weight excluding hydrogens is 448 g/mol. The molecule has 182 valence electrons. The summed E-state index contributed by atoms with van der Waals surface area (Å²) < 4.78 is 29.6. The Kier molecular flexibility index (Phi) is 14.1. The standard InChI is InChI=1S/C7H8O3S.C7H8O2.C6H14O6/c1-6-2-4-7(5-3-6)11(8,9)10;8-7(9)6-4-2-1-3-5-6;7-1-3(9)5(11)6(12)4(10)2-8/h2-5H,1H3,(H,8,9,10);1-5,7-9H;3-12H,1-2H2. The highest BCUT2D eigenvalue weighted by Gasteiger charge is 2.29. The fourth-order valence-electron chi connectivity index (χ4n) is 2.01. The second-order valence-electron chi connectivity index (χ2n) is 6.55. The van der Waals surface area contributed by atoms with Gasteiger partial charge in [-0.3, -0.25) is 4.55 Å². The molecule has 32 heavy (non-hydrogen) atoms. The molecule has 4 atom stereocenters. The van der Waals surface area contributed by atoms with Gasteiger partial charge in [-0.1, -0.05) is 48.0 Å². The molecule has 2 aromatic rings. The van der Waals surface area contributed by atoms with Crippen LogP contribution in [0.5, 0.6) is 0 Å². The Morgan fingerprint density at radius 3 is 1.41 bits per heavy atom. The van der Waals surface area contributed by atoms with Gasteiger partial charge < -0.3 is 40.9 Å². The first-order valence-corrected chi connectivity index (χ1v) is 10.7. The van der Waals surface area contributed by atoms with E-state index in [0.717, 1.165) is 5.56 Å². The van der Waals surface area contributed by atoms with Crippen LogP contribution in [-0.4, -0.2) is 91.5 Å². The number of rotatable bonds is 7. The summed E-state index contributed by atoms with van der Waals surface area (Å²) in [6.45, 7) is 0.389. The minimum atomic E-state index is -4.02. The summed E-state index contributed by atoms with van der Waals surface area (Å²) in [7, 11) is -4.02. The third-order valence-corrected chi connectivity index (χ3v) is 4.80. The van der Waals surface area contributed by atoms with Gasteiger partial charge in [0.15, 0.2) is 6.29 Å². The Morgan fingerprint density at radius 2 is 1.12 bits per heavy atom. The molecule has 0 spiro atoms. The van der Waals surface area contributed by atoms with Crippen molar-refractivity contribution < 1.29 is 53.8 Å². The average molecular weight is 479 g/mol. The van der Waals surface area contributed by atoms with E-state index in [9.17, 15) is 8.42 Å². The van der Waals surface area contributed by atoms with Gasteiger partial charge in [-0.05, 0) is 19.1 Å². The molecule has 0 aliphatic rings. The zero-order valence-electron chi connectivity index (χ0n) is 17.2. The number of benzene rings is 2. The van der Waals surface area contributed by atoms with E-state index < -0.39 is 54.0 Å². The van der Waals surface area contributed by atoms with E-state index in [1.165, 1.54) is 12.1 Å². The molecule has 0 bridgehead atoms. The van der Waals surface area contributed by atoms with Crippen LogP contribution < -0.4 is 0 Å². The molecule has 0 saturated carbocycles. The lowest BCUT2D eigenvalue weighted by molar-refractivity contribution is -0.123. The SMILES string of the molecule is Cc1ccc(S(=O)(=O)O)cc1.OC(O)c1ccccc1.OCC(O)C(O)C(O)C(O)CO. The fourth-order valence-corrected chi connectivity index (χ4v) is 2.49. The van der Waals surface area contributed by atoms with Crippen LogP contribution in [0.4, 0.5) is 0 Å². The Hall–Kier alpha value is -1.97. The van der Waals surface area contributed by atoms with Gasteiger partial charge in [-0.2, -0.15) is 8.42 Å². The first-order valence-electron chi connectivity index (χ1n) is 9.24. The predicted octanol–water partition coefficient (Wildman–Crippen LogP) is -1.67. The van der Waals surface area contributed by atoms with Crippen molar-refractivity contribution in [3.05, 3.63) is 65.7 Å². The van der Waals surface area contributed by atoms with Crippen molar-refractivity contribution in [1.29, 1.82) is 0 Å². The molecule has 0 heterocycles. The molecule has 2 rings (SSSR count). The third-order valence-electron chi connectivity index (χ3n) is 3.93. The quantitative estimate of drug-likeness (QED) is 0.162. The van der Waals surface area contributed by atoms with Gasteiger partial charge in [0.05, 0.1) is 18.1 Å².